The second-order valence-electron chi connectivity index (χ2n) is 6.50. The van der Waals surface area contributed by atoms with E-state index in [0.717, 1.165) is 41.3 Å². The molecule has 1 heterocycles. The smallest absolute Gasteiger partial charge is 0.396 e. The minimum atomic E-state index is -4.63. The number of aromatic nitrogens is 1. The molecular formula is C18H21ClF3N3O5S2. The number of aromatic amines is 1. The van der Waals surface area contributed by atoms with Crippen LogP contribution in [-0.4, -0.2) is 50.8 Å². The maximum atomic E-state index is 12.9. The molecule has 0 radical (unpaired) electrons. The molecule has 4 atom stereocenters. The molecule has 14 heteroatoms. The summed E-state index contributed by atoms with van der Waals surface area (Å²) in [5.41, 5.74) is 4.02. The molecule has 7 N–H and O–H groups in total. The van der Waals surface area contributed by atoms with Crippen molar-refractivity contribution in [1.29, 1.82) is 0 Å². The molecule has 0 aliphatic rings. The number of thioether (sulfide) groups is 1. The Labute approximate surface area is 193 Å². The average molecular weight is 516 g/mol. The average Bonchev–Trinajstić information content (AvgIpc) is 3.14. The number of halogens is 4. The normalized spacial score (nSPS) is 16.4. The van der Waals surface area contributed by atoms with Crippen LogP contribution in [0.25, 0.3) is 5.70 Å². The zero-order valence-corrected chi connectivity index (χ0v) is 18.9. The first-order valence-electron chi connectivity index (χ1n) is 8.98. The molecule has 0 aliphatic carbocycles. The van der Waals surface area contributed by atoms with Crippen LogP contribution in [0.4, 0.5) is 13.2 Å². The van der Waals surface area contributed by atoms with Crippen molar-refractivity contribution in [3.63, 3.8) is 0 Å². The molecule has 2 rings (SSSR count). The zero-order chi connectivity index (χ0) is 24.1. The summed E-state index contributed by atoms with van der Waals surface area (Å²) in [4.78, 5) is 13.6. The van der Waals surface area contributed by atoms with Gasteiger partial charge in [0, 0.05) is 16.5 Å². The number of benzene rings is 1. The summed E-state index contributed by atoms with van der Waals surface area (Å²) in [7, 11) is 0. The van der Waals surface area contributed by atoms with Crippen molar-refractivity contribution in [2.75, 3.05) is 6.61 Å². The van der Waals surface area contributed by atoms with Crippen molar-refractivity contribution in [2.45, 2.75) is 41.9 Å². The van der Waals surface area contributed by atoms with Crippen LogP contribution in [0.5, 0.6) is 0 Å². The summed E-state index contributed by atoms with van der Waals surface area (Å²) in [5, 5.41) is 33.2. The number of hydrogen-bond acceptors (Lipinski definition) is 9. The topological polar surface area (TPSA) is 141 Å². The van der Waals surface area contributed by atoms with Gasteiger partial charge in [-0.2, -0.15) is 13.2 Å². The molecule has 0 aliphatic heterocycles. The second kappa shape index (κ2) is 11.4. The van der Waals surface area contributed by atoms with Gasteiger partial charge in [-0.05, 0) is 25.1 Å². The molecule has 1 aromatic heterocycles. The third-order valence-corrected chi connectivity index (χ3v) is 6.13. The molecule has 0 amide bonds. The Kier molecular flexibility index (Phi) is 9.45. The van der Waals surface area contributed by atoms with E-state index >= 15 is 0 Å². The predicted octanol–water partition coefficient (Wildman–Crippen LogP) is 2.15. The van der Waals surface area contributed by atoms with Gasteiger partial charge in [-0.3, -0.25) is 4.79 Å². The number of aliphatic hydroxyl groups excluding tert-OH is 3. The standard InChI is InChI=1S/C18H21ClF3N3O5S2/c1-8(27)14(6-26)30-16(15(28)24-5-12(23)13-7-31-17(29)25-13)32-9-2-3-10(11(19)4-9)18(20,21)22/h2-5,7-8,14-16,24,26-28H,6,23H2,1H3,(H,25,29)/b12-5-. The number of hydrogen-bond donors (Lipinski definition) is 6. The molecule has 178 valence electrons. The summed E-state index contributed by atoms with van der Waals surface area (Å²) in [5.74, 6) is 0. The van der Waals surface area contributed by atoms with E-state index in [9.17, 15) is 33.3 Å². The highest BCUT2D eigenvalue weighted by Crippen LogP contribution is 2.38. The van der Waals surface area contributed by atoms with Crippen LogP contribution in [0.2, 0.25) is 5.02 Å². The molecule has 0 fully saturated rings. The molecular weight excluding hydrogens is 495 g/mol. The molecule has 0 bridgehead atoms. The molecule has 4 unspecified atom stereocenters. The van der Waals surface area contributed by atoms with Crippen molar-refractivity contribution < 1.29 is 33.2 Å². The lowest BCUT2D eigenvalue weighted by Crippen LogP contribution is -2.42. The molecule has 0 saturated carbocycles. The Balaban J connectivity index is 2.23. The van der Waals surface area contributed by atoms with Gasteiger partial charge < -0.3 is 36.1 Å². The summed E-state index contributed by atoms with van der Waals surface area (Å²) in [6.07, 6.45) is -7.12. The van der Waals surface area contributed by atoms with Gasteiger partial charge in [0.1, 0.15) is 6.10 Å². The predicted molar refractivity (Wildman–Crippen MR) is 116 cm³/mol. The van der Waals surface area contributed by atoms with E-state index in [1.807, 2.05) is 0 Å². The van der Waals surface area contributed by atoms with Gasteiger partial charge >= 0.3 is 11.0 Å². The summed E-state index contributed by atoms with van der Waals surface area (Å²) in [6, 6.07) is 3.01. The van der Waals surface area contributed by atoms with Crippen LogP contribution in [-0.2, 0) is 10.9 Å². The van der Waals surface area contributed by atoms with Crippen molar-refractivity contribution in [3.8, 4) is 0 Å². The number of nitrogens with two attached hydrogens (primary N) is 1. The lowest BCUT2D eigenvalue weighted by molar-refractivity contribution is -0.137. The van der Waals surface area contributed by atoms with Crippen LogP contribution < -0.4 is 15.9 Å². The SMILES string of the molecule is CC(O)C(CO)OC(Sc1ccc(C(F)(F)F)c(Cl)c1)C(O)N/C=C(\N)c1csc(=O)[nH]1. The minimum Gasteiger partial charge on any atom is -0.396 e. The van der Waals surface area contributed by atoms with Crippen molar-refractivity contribution in [2.24, 2.45) is 5.73 Å². The van der Waals surface area contributed by atoms with Crippen molar-refractivity contribution in [1.82, 2.24) is 10.3 Å². The lowest BCUT2D eigenvalue weighted by atomic mass is 10.2. The monoisotopic (exact) mass is 515 g/mol. The van der Waals surface area contributed by atoms with Gasteiger partial charge in [-0.15, -0.1) is 0 Å². The third-order valence-electron chi connectivity index (χ3n) is 4.02. The Morgan fingerprint density at radius 1 is 1.44 bits per heavy atom. The lowest BCUT2D eigenvalue weighted by Gasteiger charge is -2.28. The molecule has 2 aromatic rings. The van der Waals surface area contributed by atoms with Crippen molar-refractivity contribution >= 4 is 40.4 Å². The first kappa shape index (κ1) is 26.5. The summed E-state index contributed by atoms with van der Waals surface area (Å²) in [6.45, 7) is 0.783. The van der Waals surface area contributed by atoms with E-state index in [-0.39, 0.29) is 15.5 Å². The number of rotatable bonds is 10. The van der Waals surface area contributed by atoms with Crippen LogP contribution in [0.15, 0.2) is 39.5 Å². The number of alkyl halides is 3. The Morgan fingerprint density at radius 3 is 2.62 bits per heavy atom. The fraction of sp³-hybridized carbons (Fsp3) is 0.389. The van der Waals surface area contributed by atoms with Crippen molar-refractivity contribution in [3.05, 3.63) is 55.7 Å². The van der Waals surface area contributed by atoms with Gasteiger partial charge in [0.05, 0.1) is 34.7 Å². The summed E-state index contributed by atoms with van der Waals surface area (Å²) < 4.78 is 44.4. The fourth-order valence-corrected chi connectivity index (χ4v) is 4.28. The van der Waals surface area contributed by atoms with Crippen LogP contribution in [0.1, 0.15) is 18.2 Å². The highest BCUT2D eigenvalue weighted by Gasteiger charge is 2.33. The maximum Gasteiger partial charge on any atom is 0.417 e. The van der Waals surface area contributed by atoms with Gasteiger partial charge in [-0.1, -0.05) is 34.7 Å². The van der Waals surface area contributed by atoms with E-state index in [4.69, 9.17) is 22.1 Å². The molecule has 0 spiro atoms. The zero-order valence-electron chi connectivity index (χ0n) is 16.5. The highest BCUT2D eigenvalue weighted by atomic mass is 35.5. The molecule has 1 aromatic carbocycles. The number of aliphatic hydroxyl groups is 3. The quantitative estimate of drug-likeness (QED) is 0.209. The minimum absolute atomic E-state index is 0.0953. The number of thiazole rings is 1. The number of H-pyrrole nitrogens is 1. The van der Waals surface area contributed by atoms with E-state index in [1.165, 1.54) is 18.5 Å². The van der Waals surface area contributed by atoms with E-state index < -0.39 is 47.2 Å². The third kappa shape index (κ3) is 7.40. The van der Waals surface area contributed by atoms with E-state index in [0.29, 0.717) is 5.69 Å². The van der Waals surface area contributed by atoms with Gasteiger partial charge in [0.15, 0.2) is 11.7 Å². The first-order valence-corrected chi connectivity index (χ1v) is 11.1. The fourth-order valence-electron chi connectivity index (χ4n) is 2.33. The highest BCUT2D eigenvalue weighted by molar-refractivity contribution is 7.99. The van der Waals surface area contributed by atoms with E-state index in [2.05, 4.69) is 10.3 Å². The largest absolute Gasteiger partial charge is 0.417 e. The Bertz CT molecular complexity index is 983. The Morgan fingerprint density at radius 2 is 2.12 bits per heavy atom. The molecule has 32 heavy (non-hydrogen) atoms. The van der Waals surface area contributed by atoms with Gasteiger partial charge in [-0.25, -0.2) is 0 Å². The van der Waals surface area contributed by atoms with Crippen LogP contribution >= 0.6 is 34.7 Å². The van der Waals surface area contributed by atoms with E-state index in [1.54, 1.807) is 0 Å². The van der Waals surface area contributed by atoms with Gasteiger partial charge in [0.25, 0.3) is 0 Å². The van der Waals surface area contributed by atoms with Crippen LogP contribution in [0, 0.1) is 0 Å². The molecule has 8 nitrogen and oxygen atoms in total. The Hall–Kier alpha value is -1.74. The summed E-state index contributed by atoms with van der Waals surface area (Å²) >= 11 is 7.45. The molecule has 0 saturated heterocycles. The number of ether oxygens (including phenoxy) is 1. The maximum absolute atomic E-state index is 12.9. The van der Waals surface area contributed by atoms with Gasteiger partial charge in [0.2, 0.25) is 0 Å². The van der Waals surface area contributed by atoms with Crippen LogP contribution in [0.3, 0.4) is 0 Å². The first-order chi connectivity index (χ1) is 14.9. The second-order valence-corrected chi connectivity index (χ2v) is 8.92. The number of nitrogens with one attached hydrogen (secondary N) is 2.